The Morgan fingerprint density at radius 1 is 1.14 bits per heavy atom. The van der Waals surface area contributed by atoms with E-state index in [-0.39, 0.29) is 27.1 Å². The largest absolute Gasteiger partial charge is 0.247 e. The van der Waals surface area contributed by atoms with Gasteiger partial charge in [0.25, 0.3) is 0 Å². The van der Waals surface area contributed by atoms with E-state index in [1.165, 1.54) is 11.1 Å². The molecular formula is C34H50FN. The van der Waals surface area contributed by atoms with Crippen LogP contribution in [0.25, 0.3) is 0 Å². The number of hydrogen-bond donors (Lipinski definition) is 0. The van der Waals surface area contributed by atoms with Crippen LogP contribution in [0.3, 0.4) is 0 Å². The summed E-state index contributed by atoms with van der Waals surface area (Å²) in [5.74, 6) is 1.54. The van der Waals surface area contributed by atoms with Gasteiger partial charge >= 0.3 is 0 Å². The molecule has 0 spiro atoms. The van der Waals surface area contributed by atoms with Crippen molar-refractivity contribution in [3.8, 4) is 6.07 Å². The van der Waals surface area contributed by atoms with Crippen molar-refractivity contribution in [3.63, 3.8) is 0 Å². The molecule has 8 unspecified atom stereocenters. The summed E-state index contributed by atoms with van der Waals surface area (Å²) in [5, 5.41) is 9.77. The summed E-state index contributed by atoms with van der Waals surface area (Å²) in [5.41, 5.74) is 3.24. The van der Waals surface area contributed by atoms with Crippen LogP contribution >= 0.6 is 0 Å². The molecule has 3 fully saturated rings. The van der Waals surface area contributed by atoms with Gasteiger partial charge in [0.05, 0.1) is 6.07 Å². The Kier molecular flexibility index (Phi) is 6.63. The molecule has 0 saturated heterocycles. The molecule has 0 aromatic rings. The van der Waals surface area contributed by atoms with Crippen molar-refractivity contribution in [1.29, 1.82) is 5.26 Å². The molecule has 0 bridgehead atoms. The van der Waals surface area contributed by atoms with E-state index in [1.807, 2.05) is 13.8 Å². The Bertz CT molecular complexity index is 1030. The fourth-order valence-corrected chi connectivity index (χ4v) is 9.88. The van der Waals surface area contributed by atoms with Crippen LogP contribution in [0.2, 0.25) is 0 Å². The zero-order chi connectivity index (χ0) is 26.9. The second-order valence-electron chi connectivity index (χ2n) is 14.9. The Morgan fingerprint density at radius 2 is 1.81 bits per heavy atom. The lowest BCUT2D eigenvalue weighted by molar-refractivity contribution is -0.122. The van der Waals surface area contributed by atoms with Crippen molar-refractivity contribution in [1.82, 2.24) is 0 Å². The van der Waals surface area contributed by atoms with Gasteiger partial charge in [-0.3, -0.25) is 0 Å². The molecule has 0 heterocycles. The standard InChI is InChI=1S/C34H50FN/c1-11-31(7,8)27-13-14-32(9)25-12-15-34(24(4)35)17-16-30(5,6)20-26(34)29(25)23(3)18-28(32)33(27,10)19-22(2)21-36/h11,18-19,24-27,29H,1,3,12-17,20H2,2,4-10H3/b22-19+. The van der Waals surface area contributed by atoms with Gasteiger partial charge in [-0.25, -0.2) is 4.39 Å². The van der Waals surface area contributed by atoms with Gasteiger partial charge in [-0.15, -0.1) is 6.58 Å². The first kappa shape index (κ1) is 27.4. The minimum Gasteiger partial charge on any atom is -0.247 e. The van der Waals surface area contributed by atoms with E-state index in [4.69, 9.17) is 6.58 Å². The summed E-state index contributed by atoms with van der Waals surface area (Å²) < 4.78 is 15.5. The summed E-state index contributed by atoms with van der Waals surface area (Å²) in [6.45, 7) is 26.9. The fourth-order valence-electron chi connectivity index (χ4n) is 9.88. The molecule has 0 radical (unpaired) electrons. The van der Waals surface area contributed by atoms with Crippen LogP contribution in [0.5, 0.6) is 0 Å². The molecule has 8 atom stereocenters. The van der Waals surface area contributed by atoms with Crippen LogP contribution in [0, 0.1) is 62.1 Å². The smallest absolute Gasteiger partial charge is 0.103 e. The van der Waals surface area contributed by atoms with Crippen molar-refractivity contribution in [3.05, 3.63) is 48.1 Å². The van der Waals surface area contributed by atoms with Gasteiger partial charge in [0.1, 0.15) is 6.17 Å². The zero-order valence-corrected chi connectivity index (χ0v) is 24.3. The first-order valence-corrected chi connectivity index (χ1v) is 14.4. The minimum atomic E-state index is -0.777. The maximum atomic E-state index is 15.5. The Balaban J connectivity index is 1.89. The summed E-state index contributed by atoms with van der Waals surface area (Å²) >= 11 is 0. The minimum absolute atomic E-state index is 0.0356. The van der Waals surface area contributed by atoms with Gasteiger partial charge in [-0.05, 0) is 98.7 Å². The summed E-state index contributed by atoms with van der Waals surface area (Å²) in [4.78, 5) is 0. The molecule has 0 aromatic carbocycles. The lowest BCUT2D eigenvalue weighted by atomic mass is 9.38. The van der Waals surface area contributed by atoms with Gasteiger partial charge in [-0.2, -0.15) is 5.26 Å². The second kappa shape index (κ2) is 8.71. The predicted octanol–water partition coefficient (Wildman–Crippen LogP) is 9.78. The topological polar surface area (TPSA) is 23.8 Å². The van der Waals surface area contributed by atoms with E-state index in [0.29, 0.717) is 23.7 Å². The number of nitrogens with zero attached hydrogens (tertiary/aromatic N) is 1. The number of allylic oxidation sites excluding steroid dienone is 6. The molecule has 4 aliphatic carbocycles. The number of fused-ring (bicyclic) bond motifs is 5. The van der Waals surface area contributed by atoms with Crippen molar-refractivity contribution < 1.29 is 4.39 Å². The van der Waals surface area contributed by atoms with Crippen LogP contribution in [0.1, 0.15) is 100 Å². The molecule has 0 aliphatic heterocycles. The molecule has 0 N–H and O–H groups in total. The van der Waals surface area contributed by atoms with Gasteiger partial charge in [0.15, 0.2) is 0 Å². The molecule has 4 aliphatic rings. The molecular weight excluding hydrogens is 441 g/mol. The maximum Gasteiger partial charge on any atom is 0.103 e. The molecule has 0 aromatic heterocycles. The van der Waals surface area contributed by atoms with Gasteiger partial charge in [0, 0.05) is 16.4 Å². The third kappa shape index (κ3) is 3.90. The normalized spacial score (nSPS) is 43.3. The van der Waals surface area contributed by atoms with Crippen LogP contribution < -0.4 is 0 Å². The second-order valence-corrected chi connectivity index (χ2v) is 14.9. The van der Waals surface area contributed by atoms with E-state index in [9.17, 15) is 5.26 Å². The summed E-state index contributed by atoms with van der Waals surface area (Å²) in [6, 6.07) is 2.41. The lowest BCUT2D eigenvalue weighted by Gasteiger charge is -2.66. The van der Waals surface area contributed by atoms with E-state index >= 15 is 4.39 Å². The number of alkyl halides is 1. The number of hydrogen-bond acceptors (Lipinski definition) is 1. The molecule has 36 heavy (non-hydrogen) atoms. The van der Waals surface area contributed by atoms with E-state index in [1.54, 1.807) is 0 Å². The Labute approximate surface area is 221 Å². The van der Waals surface area contributed by atoms with Crippen LogP contribution in [-0.4, -0.2) is 6.17 Å². The third-order valence-electron chi connectivity index (χ3n) is 11.9. The zero-order valence-electron chi connectivity index (χ0n) is 24.3. The molecule has 2 heteroatoms. The quantitative estimate of drug-likeness (QED) is 0.283. The molecule has 4 rings (SSSR count). The van der Waals surface area contributed by atoms with Crippen LogP contribution in [0.4, 0.5) is 4.39 Å². The summed E-state index contributed by atoms with van der Waals surface area (Å²) in [6.07, 6.45) is 13.5. The molecule has 0 amide bonds. The monoisotopic (exact) mass is 491 g/mol. The van der Waals surface area contributed by atoms with E-state index in [2.05, 4.69) is 72.4 Å². The average molecular weight is 492 g/mol. The van der Waals surface area contributed by atoms with Gasteiger partial charge in [-0.1, -0.05) is 77.5 Å². The van der Waals surface area contributed by atoms with E-state index in [0.717, 1.165) is 50.5 Å². The lowest BCUT2D eigenvalue weighted by Crippen LogP contribution is -2.59. The highest BCUT2D eigenvalue weighted by atomic mass is 19.1. The average Bonchev–Trinajstić information content (AvgIpc) is 2.79. The maximum absolute atomic E-state index is 15.5. The Hall–Kier alpha value is -1.62. The number of halogens is 1. The highest BCUT2D eigenvalue weighted by Crippen LogP contribution is 2.71. The fraction of sp³-hybridized carbons (Fsp3) is 0.735. The molecule has 1 nitrogen and oxygen atoms in total. The first-order chi connectivity index (χ1) is 16.6. The third-order valence-corrected chi connectivity index (χ3v) is 11.9. The van der Waals surface area contributed by atoms with Crippen molar-refractivity contribution >= 4 is 0 Å². The first-order valence-electron chi connectivity index (χ1n) is 14.4. The van der Waals surface area contributed by atoms with E-state index < -0.39 is 6.17 Å². The SMILES string of the molecule is C=CC(C)(C)C1CCC2(C)C(=CC(=C)C3C2CCC2(C(C)F)CCC(C)(C)CC32)C1(C)/C=C(\C)C#N. The van der Waals surface area contributed by atoms with Gasteiger partial charge in [0.2, 0.25) is 0 Å². The van der Waals surface area contributed by atoms with Crippen molar-refractivity contribution in [2.45, 2.75) is 107 Å². The van der Waals surface area contributed by atoms with Crippen LogP contribution in [0.15, 0.2) is 48.1 Å². The van der Waals surface area contributed by atoms with Crippen LogP contribution in [-0.2, 0) is 0 Å². The molecule has 3 saturated carbocycles. The predicted molar refractivity (Wildman–Crippen MR) is 150 cm³/mol. The molecule has 198 valence electrons. The number of rotatable bonds is 4. The summed E-state index contributed by atoms with van der Waals surface area (Å²) in [7, 11) is 0. The highest BCUT2D eigenvalue weighted by Gasteiger charge is 2.63. The highest BCUT2D eigenvalue weighted by molar-refractivity contribution is 5.45. The van der Waals surface area contributed by atoms with Crippen molar-refractivity contribution in [2.24, 2.45) is 50.7 Å². The van der Waals surface area contributed by atoms with Crippen molar-refractivity contribution in [2.75, 3.05) is 0 Å². The Morgan fingerprint density at radius 3 is 2.39 bits per heavy atom. The van der Waals surface area contributed by atoms with Gasteiger partial charge < -0.3 is 0 Å². The number of nitriles is 1.